The average Bonchev–Trinajstić information content (AvgIpc) is 3.30. The van der Waals surface area contributed by atoms with Crippen molar-refractivity contribution in [2.45, 2.75) is 46.3 Å². The van der Waals surface area contributed by atoms with Crippen molar-refractivity contribution in [1.29, 1.82) is 0 Å². The van der Waals surface area contributed by atoms with Gasteiger partial charge in [0.15, 0.2) is 0 Å². The molecule has 41 heavy (non-hydrogen) atoms. The highest BCUT2D eigenvalue weighted by Gasteiger charge is 2.29. The van der Waals surface area contributed by atoms with Gasteiger partial charge in [-0.05, 0) is 67.3 Å². The van der Waals surface area contributed by atoms with Crippen LogP contribution in [-0.4, -0.2) is 35.0 Å². The minimum atomic E-state index is -0.387. The first-order valence-corrected chi connectivity index (χ1v) is 13.0. The van der Waals surface area contributed by atoms with Crippen molar-refractivity contribution in [3.63, 3.8) is 0 Å². The van der Waals surface area contributed by atoms with E-state index in [0.29, 0.717) is 19.2 Å². The number of carbonyl (C=O) groups excluding carboxylic acids is 4. The van der Waals surface area contributed by atoms with Gasteiger partial charge in [-0.15, -0.1) is 0 Å². The Morgan fingerprint density at radius 2 is 1.59 bits per heavy atom. The maximum absolute atomic E-state index is 12.4. The summed E-state index contributed by atoms with van der Waals surface area (Å²) < 4.78 is 0. The first-order chi connectivity index (χ1) is 19.5. The molecule has 0 aliphatic carbocycles. The quantitative estimate of drug-likeness (QED) is 0.196. The molecule has 3 aromatic rings. The van der Waals surface area contributed by atoms with E-state index in [-0.39, 0.29) is 17.4 Å². The Bertz CT molecular complexity index is 1360. The summed E-state index contributed by atoms with van der Waals surface area (Å²) in [5.74, 6) is -0.0923. The van der Waals surface area contributed by atoms with Gasteiger partial charge in [0.2, 0.25) is 12.3 Å². The van der Waals surface area contributed by atoms with E-state index in [4.69, 9.17) is 9.63 Å². The molecular weight excluding hydrogens is 518 g/mol. The molecule has 0 saturated heterocycles. The standard InChI is InChI=1S/C19H18N2O2.C11H15NO2.C3H4O/c1-12(2)21-11-18-16(5-4-6-17(18)19(21)23)14-7-9-15(10-8-14)20-13(3)22;1-11(2,14-12-9-13)8-10-6-4-3-5-7-10;1-2-3-4/h4-10H,1,11H2,2-3H3,(H,20,22);3-7,9H,8H2,1-2H3,(H,12,13);2-3H,1H2. The predicted molar refractivity (Wildman–Crippen MR) is 162 cm³/mol. The monoisotopic (exact) mass is 555 g/mol. The minimum Gasteiger partial charge on any atom is -0.326 e. The molecule has 0 fully saturated rings. The van der Waals surface area contributed by atoms with Gasteiger partial charge in [-0.1, -0.05) is 67.8 Å². The van der Waals surface area contributed by atoms with Crippen LogP contribution in [0.25, 0.3) is 11.1 Å². The van der Waals surface area contributed by atoms with Crippen molar-refractivity contribution in [2.75, 3.05) is 5.32 Å². The summed E-state index contributed by atoms with van der Waals surface area (Å²) in [4.78, 5) is 49.5. The van der Waals surface area contributed by atoms with Crippen molar-refractivity contribution in [1.82, 2.24) is 10.4 Å². The molecule has 3 amide bonds. The fourth-order valence-electron chi connectivity index (χ4n) is 4.16. The Morgan fingerprint density at radius 3 is 2.12 bits per heavy atom. The van der Waals surface area contributed by atoms with E-state index in [2.05, 4.69) is 24.0 Å². The molecule has 0 bridgehead atoms. The summed E-state index contributed by atoms with van der Waals surface area (Å²) in [5, 5.41) is 2.75. The van der Waals surface area contributed by atoms with Gasteiger partial charge in [0.1, 0.15) is 6.29 Å². The summed E-state index contributed by atoms with van der Waals surface area (Å²) in [6.45, 7) is 14.7. The zero-order valence-electron chi connectivity index (χ0n) is 24.0. The molecule has 2 N–H and O–H groups in total. The summed E-state index contributed by atoms with van der Waals surface area (Å²) >= 11 is 0. The van der Waals surface area contributed by atoms with E-state index in [1.54, 1.807) is 4.90 Å². The Hall–Kier alpha value is -4.82. The lowest BCUT2D eigenvalue weighted by Gasteiger charge is -2.23. The molecule has 0 radical (unpaired) electrons. The maximum Gasteiger partial charge on any atom is 0.258 e. The number of hydroxylamine groups is 1. The van der Waals surface area contributed by atoms with Crippen LogP contribution in [-0.2, 0) is 32.2 Å². The van der Waals surface area contributed by atoms with Crippen molar-refractivity contribution >= 4 is 30.2 Å². The lowest BCUT2D eigenvalue weighted by atomic mass is 9.97. The highest BCUT2D eigenvalue weighted by Crippen LogP contribution is 2.34. The number of fused-ring (bicyclic) bond motifs is 1. The lowest BCUT2D eigenvalue weighted by molar-refractivity contribution is -0.135. The third kappa shape index (κ3) is 10.0. The number of rotatable bonds is 9. The summed E-state index contributed by atoms with van der Waals surface area (Å²) in [6, 6.07) is 23.4. The van der Waals surface area contributed by atoms with E-state index in [1.807, 2.05) is 93.6 Å². The van der Waals surface area contributed by atoms with Gasteiger partial charge >= 0.3 is 0 Å². The first kappa shape index (κ1) is 32.4. The second kappa shape index (κ2) is 15.7. The Morgan fingerprint density at radius 1 is 0.976 bits per heavy atom. The van der Waals surface area contributed by atoms with E-state index >= 15 is 0 Å². The van der Waals surface area contributed by atoms with Crippen LogP contribution in [0.1, 0.15) is 49.2 Å². The van der Waals surface area contributed by atoms with Crippen molar-refractivity contribution in [3.8, 4) is 11.1 Å². The summed E-state index contributed by atoms with van der Waals surface area (Å²) in [7, 11) is 0. The number of allylic oxidation sites excluding steroid dienone is 2. The van der Waals surface area contributed by atoms with E-state index in [1.165, 1.54) is 18.6 Å². The topological polar surface area (TPSA) is 105 Å². The van der Waals surface area contributed by atoms with Crippen molar-refractivity contribution in [3.05, 3.63) is 114 Å². The fourth-order valence-corrected chi connectivity index (χ4v) is 4.16. The number of hydrogen-bond donors (Lipinski definition) is 2. The largest absolute Gasteiger partial charge is 0.326 e. The summed E-state index contributed by atoms with van der Waals surface area (Å²) in [5.41, 5.74) is 8.34. The molecule has 3 aromatic carbocycles. The molecule has 214 valence electrons. The van der Waals surface area contributed by atoms with Gasteiger partial charge in [0, 0.05) is 30.3 Å². The molecule has 1 aliphatic rings. The number of aldehydes is 1. The van der Waals surface area contributed by atoms with E-state index < -0.39 is 0 Å². The van der Waals surface area contributed by atoms with Gasteiger partial charge in [0.05, 0.1) is 12.1 Å². The summed E-state index contributed by atoms with van der Waals surface area (Å²) in [6.07, 6.45) is 3.13. The van der Waals surface area contributed by atoms with E-state index in [9.17, 15) is 14.4 Å². The number of benzene rings is 3. The zero-order chi connectivity index (χ0) is 30.4. The van der Waals surface area contributed by atoms with Crippen LogP contribution in [0.15, 0.2) is 97.7 Å². The molecule has 1 aliphatic heterocycles. The molecule has 4 rings (SSSR count). The molecule has 1 heterocycles. The number of carbonyl (C=O) groups is 4. The van der Waals surface area contributed by atoms with Crippen LogP contribution in [0.2, 0.25) is 0 Å². The van der Waals surface area contributed by atoms with Crippen LogP contribution in [0.5, 0.6) is 0 Å². The zero-order valence-corrected chi connectivity index (χ0v) is 24.0. The second-order valence-corrected chi connectivity index (χ2v) is 9.85. The lowest BCUT2D eigenvalue weighted by Crippen LogP contribution is -2.33. The number of anilines is 1. The fraction of sp³-hybridized carbons (Fsp3) is 0.212. The predicted octanol–water partition coefficient (Wildman–Crippen LogP) is 5.86. The SMILES string of the molecule is C=C(C)N1Cc2c(cccc2-c2ccc(NC(C)=O)cc2)C1=O.C=CC=O.CC(C)(Cc1ccccc1)ONC=O. The molecule has 0 saturated carbocycles. The molecule has 0 spiro atoms. The van der Waals surface area contributed by atoms with Gasteiger partial charge in [0.25, 0.3) is 5.91 Å². The van der Waals surface area contributed by atoms with Crippen molar-refractivity contribution in [2.24, 2.45) is 0 Å². The first-order valence-electron chi connectivity index (χ1n) is 13.0. The normalized spacial score (nSPS) is 11.5. The smallest absolute Gasteiger partial charge is 0.258 e. The molecule has 8 heteroatoms. The van der Waals surface area contributed by atoms with Crippen LogP contribution in [0, 0.1) is 0 Å². The van der Waals surface area contributed by atoms with Crippen LogP contribution >= 0.6 is 0 Å². The van der Waals surface area contributed by atoms with Gasteiger partial charge in [-0.25, -0.2) is 5.48 Å². The third-order valence-electron chi connectivity index (χ3n) is 5.90. The highest BCUT2D eigenvalue weighted by molar-refractivity contribution is 6.01. The number of hydrogen-bond acceptors (Lipinski definition) is 5. The molecule has 0 unspecified atom stereocenters. The molecular formula is C33H37N3O5. The average molecular weight is 556 g/mol. The minimum absolute atomic E-state index is 0.00390. The Kier molecular flexibility index (Phi) is 12.4. The second-order valence-electron chi connectivity index (χ2n) is 9.85. The van der Waals surface area contributed by atoms with Crippen LogP contribution in [0.3, 0.4) is 0 Å². The highest BCUT2D eigenvalue weighted by atomic mass is 16.7. The molecule has 0 atom stereocenters. The van der Waals surface area contributed by atoms with Gasteiger partial charge in [-0.2, -0.15) is 0 Å². The van der Waals surface area contributed by atoms with Crippen LogP contribution in [0.4, 0.5) is 5.69 Å². The van der Waals surface area contributed by atoms with Gasteiger partial charge in [-0.3, -0.25) is 24.0 Å². The van der Waals surface area contributed by atoms with Crippen molar-refractivity contribution < 1.29 is 24.0 Å². The number of nitrogens with one attached hydrogen (secondary N) is 2. The maximum atomic E-state index is 12.4. The van der Waals surface area contributed by atoms with Crippen LogP contribution < -0.4 is 10.8 Å². The van der Waals surface area contributed by atoms with E-state index in [0.717, 1.165) is 40.1 Å². The Balaban J connectivity index is 0.000000278. The number of amides is 3. The Labute approximate surface area is 241 Å². The molecule has 0 aromatic heterocycles. The number of nitrogens with zero attached hydrogens (tertiary/aromatic N) is 1. The van der Waals surface area contributed by atoms with Gasteiger partial charge < -0.3 is 10.2 Å². The third-order valence-corrected chi connectivity index (χ3v) is 5.90. The molecule has 8 nitrogen and oxygen atoms in total.